The van der Waals surface area contributed by atoms with Gasteiger partial charge in [0.2, 0.25) is 0 Å². The van der Waals surface area contributed by atoms with Crippen molar-refractivity contribution in [1.82, 2.24) is 0 Å². The van der Waals surface area contributed by atoms with Crippen LogP contribution in [0.15, 0.2) is 72.8 Å². The molecule has 0 spiro atoms. The fourth-order valence-corrected chi connectivity index (χ4v) is 250. The smallest absolute Gasteiger partial charge is 0.0587 e. The predicted octanol–water partition coefficient (Wildman–Crippen LogP) is 23.1. The number of benzene rings is 6. The minimum absolute atomic E-state index is 0.356. The first-order valence-corrected chi connectivity index (χ1v) is 56.2. The van der Waals surface area contributed by atoms with E-state index in [4.69, 9.17) is 0 Å². The Morgan fingerprint density at radius 2 is 0.375 bits per heavy atom. The van der Waals surface area contributed by atoms with E-state index in [-0.39, 0.29) is 0 Å². The maximum absolute atomic E-state index is 3.24. The third-order valence-electron chi connectivity index (χ3n) is 23.2. The van der Waals surface area contributed by atoms with Crippen LogP contribution in [0.4, 0.5) is 0 Å². The topological polar surface area (TPSA) is 0 Å². The van der Waals surface area contributed by atoms with E-state index >= 15 is 0 Å². The molecule has 96 heavy (non-hydrogen) atoms. The van der Waals surface area contributed by atoms with Crippen molar-refractivity contribution in [2.45, 2.75) is 356 Å². The van der Waals surface area contributed by atoms with Gasteiger partial charge in [0.25, 0.3) is 0 Å². The molecule has 522 valence electrons. The summed E-state index contributed by atoms with van der Waals surface area (Å²) in [5.41, 5.74) is 30.2. The van der Waals surface area contributed by atoms with Gasteiger partial charge in [0, 0.05) is 16.0 Å². The fraction of sp³-hybridized carbons (Fsp3) is 0.600. The Hall–Kier alpha value is -3.38. The lowest BCUT2D eigenvalue weighted by Crippen LogP contribution is -2.82. The standard InChI is InChI=1S/C90H138Si6/c1-49(2)67-37-73(55(13)14)85(74(38-67)56(15)16)92-93-95(88-79(61(25)26)43-70(52(7)8)44-80(88)62(27)28,89-81(63(29)30)45-71(53(9)10)46-82(89)64(31)32)96(93,90-83(65(33)34)47-72(54(11)12)48-84(90)66(35)36)91-94(92,86-75(57(17)18)39-68(50(3)4)40-76(86)58(19)20)87-77(59(21)22)41-69(51(5)6)42-78(87)60(23)24/h37-66H,1-36H3. The first-order valence-electron chi connectivity index (χ1n) is 39.2. The second-order valence-corrected chi connectivity index (χ2v) is 85.4. The molecule has 0 aromatic heterocycles. The van der Waals surface area contributed by atoms with E-state index in [0.29, 0.717) is 107 Å². The fourth-order valence-electron chi connectivity index (χ4n) is 17.6. The van der Waals surface area contributed by atoms with Gasteiger partial charge in [0.05, 0.1) is 6.63 Å². The van der Waals surface area contributed by atoms with Crippen molar-refractivity contribution in [3.8, 4) is 0 Å². The molecule has 2 heterocycles. The zero-order chi connectivity index (χ0) is 72.1. The third kappa shape index (κ3) is 13.3. The third-order valence-corrected chi connectivity index (χ3v) is 132. The normalized spacial score (nSPS) is 16.7. The second kappa shape index (κ2) is 29.5. The van der Waals surface area contributed by atoms with Crippen molar-refractivity contribution < 1.29 is 0 Å². The van der Waals surface area contributed by atoms with Crippen LogP contribution in [0.3, 0.4) is 0 Å². The van der Waals surface area contributed by atoms with Crippen LogP contribution >= 0.6 is 0 Å². The van der Waals surface area contributed by atoms with Crippen LogP contribution in [0.2, 0.25) is 0 Å². The first kappa shape index (κ1) is 78.3. The van der Waals surface area contributed by atoms with Crippen LogP contribution in [0, 0.1) is 0 Å². The van der Waals surface area contributed by atoms with Gasteiger partial charge in [-0.3, -0.25) is 0 Å². The van der Waals surface area contributed by atoms with Gasteiger partial charge in [-0.1, -0.05) is 348 Å². The number of rotatable bonds is 24. The molecule has 2 aliphatic rings. The van der Waals surface area contributed by atoms with Gasteiger partial charge in [-0.15, -0.1) is 0 Å². The molecule has 1 fully saturated rings. The minimum atomic E-state index is -3.24. The minimum Gasteiger partial charge on any atom is -0.0587 e. The predicted molar refractivity (Wildman–Crippen MR) is 445 cm³/mol. The molecule has 2 radical (unpaired) electrons. The van der Waals surface area contributed by atoms with Crippen molar-refractivity contribution in [3.05, 3.63) is 173 Å². The van der Waals surface area contributed by atoms with Crippen molar-refractivity contribution in [2.24, 2.45) is 0 Å². The van der Waals surface area contributed by atoms with Crippen LogP contribution in [-0.4, -0.2) is 43.7 Å². The van der Waals surface area contributed by atoms with Crippen molar-refractivity contribution in [2.75, 3.05) is 0 Å². The van der Waals surface area contributed by atoms with E-state index in [2.05, 4.69) is 322 Å². The van der Waals surface area contributed by atoms with Crippen LogP contribution < -0.4 is 31.1 Å². The van der Waals surface area contributed by atoms with Crippen LogP contribution in [0.5, 0.6) is 0 Å². The Morgan fingerprint density at radius 3 is 0.552 bits per heavy atom. The van der Waals surface area contributed by atoms with Crippen LogP contribution in [-0.2, 0) is 0 Å². The highest BCUT2D eigenvalue weighted by Gasteiger charge is 2.87. The molecule has 0 nitrogen and oxygen atoms in total. The summed E-state index contributed by atoms with van der Waals surface area (Å²) in [5.74, 6) is 6.90. The molecule has 0 N–H and O–H groups in total. The maximum Gasteiger partial charge on any atom is 0.116 e. The Balaban J connectivity index is 2.08. The van der Waals surface area contributed by atoms with E-state index in [0.717, 1.165) is 8.55 Å². The lowest BCUT2D eigenvalue weighted by molar-refractivity contribution is 0.809. The largest absolute Gasteiger partial charge is 0.116 e. The summed E-state index contributed by atoms with van der Waals surface area (Å²) in [6, 6.07) is 34.6. The summed E-state index contributed by atoms with van der Waals surface area (Å²) in [7, 11) is -7.22. The van der Waals surface area contributed by atoms with Gasteiger partial charge >= 0.3 is 0 Å². The van der Waals surface area contributed by atoms with Gasteiger partial charge in [0.1, 0.15) is 14.2 Å². The van der Waals surface area contributed by atoms with Crippen molar-refractivity contribution in [3.63, 3.8) is 0 Å². The highest BCUT2D eigenvalue weighted by atomic mass is 30.5. The highest BCUT2D eigenvalue weighted by Crippen LogP contribution is 2.53. The Bertz CT molecular complexity index is 3530. The molecular weight excluding hydrogens is 1250 g/mol. The van der Waals surface area contributed by atoms with E-state index in [1.54, 1.807) is 100 Å². The Kier molecular flexibility index (Phi) is 24.1. The summed E-state index contributed by atoms with van der Waals surface area (Å²) < 4.78 is 0. The van der Waals surface area contributed by atoms with Crippen LogP contribution in [0.1, 0.15) is 456 Å². The average Bonchev–Trinajstić information content (AvgIpc) is 1.42. The van der Waals surface area contributed by atoms with Gasteiger partial charge in [-0.2, -0.15) is 0 Å². The zero-order valence-electron chi connectivity index (χ0n) is 68.3. The van der Waals surface area contributed by atoms with Gasteiger partial charge < -0.3 is 0 Å². The van der Waals surface area contributed by atoms with Crippen LogP contribution in [0.25, 0.3) is 0 Å². The van der Waals surface area contributed by atoms with E-state index < -0.39 is 35.2 Å². The Labute approximate surface area is 599 Å². The zero-order valence-corrected chi connectivity index (χ0v) is 74.3. The molecule has 0 amide bonds. The lowest BCUT2D eigenvalue weighted by Gasteiger charge is -2.47. The molecule has 1 saturated heterocycles. The summed E-state index contributed by atoms with van der Waals surface area (Å²) in [5, 5.41) is 11.8. The molecule has 8 rings (SSSR count). The van der Waals surface area contributed by atoms with E-state index in [1.807, 2.05) is 31.1 Å². The second-order valence-electron chi connectivity index (χ2n) is 36.4. The molecule has 2 aliphatic heterocycles. The van der Waals surface area contributed by atoms with Gasteiger partial charge in [-0.05, 0) is 219 Å². The number of fused-ring (bicyclic) bond motifs is 1. The van der Waals surface area contributed by atoms with Gasteiger partial charge in [-0.25, -0.2) is 0 Å². The summed E-state index contributed by atoms with van der Waals surface area (Å²) in [4.78, 5) is 0. The summed E-state index contributed by atoms with van der Waals surface area (Å²) >= 11 is 0. The molecule has 0 aliphatic carbocycles. The van der Waals surface area contributed by atoms with E-state index in [9.17, 15) is 0 Å². The first-order chi connectivity index (χ1) is 44.5. The van der Waals surface area contributed by atoms with E-state index in [1.165, 1.54) is 0 Å². The SMILES string of the molecule is CC(C)c1cc(C(C)C)c([Si]2=[Si]3[Si](c4c(C(C)C)cc(C(C)C)cc4C(C)C)([Si][Si]2(c2c(C(C)C)cc(C(C)C)cc2C(C)C)c2c(C(C)C)cc(C(C)C)cc2C(C)C)[Si]3(c2c(C(C)C)cc(C(C)C)cc2C(C)C)c2c(C(C)C)cc(C(C)C)cc2C(C)C)c(C(C)C)c1. The molecule has 6 aromatic carbocycles. The lowest BCUT2D eigenvalue weighted by atomic mass is 9.89. The average molecular weight is 1390 g/mol. The Morgan fingerprint density at radius 1 is 0.208 bits per heavy atom. The molecule has 1 unspecified atom stereocenters. The molecular formula is C90H138Si6. The molecule has 6 aromatic rings. The number of hydrogen-bond donors (Lipinski definition) is 0. The van der Waals surface area contributed by atoms with Gasteiger partial charge in [0.15, 0.2) is 0 Å². The highest BCUT2D eigenvalue weighted by molar-refractivity contribution is 8.35. The molecule has 0 bridgehead atoms. The molecule has 0 saturated carbocycles. The quantitative estimate of drug-likeness (QED) is 0.0530. The summed E-state index contributed by atoms with van der Waals surface area (Å²) in [6.07, 6.45) is 0. The monoisotopic (exact) mass is 1390 g/mol. The summed E-state index contributed by atoms with van der Waals surface area (Å²) in [6.45, 7) is 89.0. The van der Waals surface area contributed by atoms with Crippen molar-refractivity contribution in [1.29, 1.82) is 0 Å². The molecule has 6 heteroatoms. The number of hydrogen-bond acceptors (Lipinski definition) is 0. The molecule has 1 atom stereocenters. The maximum atomic E-state index is 2.90. The van der Waals surface area contributed by atoms with Crippen molar-refractivity contribution >= 4 is 74.9 Å².